The van der Waals surface area contributed by atoms with Crippen LogP contribution >= 0.6 is 22.9 Å². The van der Waals surface area contributed by atoms with Crippen molar-refractivity contribution in [3.63, 3.8) is 0 Å². The third-order valence-electron chi connectivity index (χ3n) is 2.11. The van der Waals surface area contributed by atoms with Crippen molar-refractivity contribution in [2.45, 2.75) is 17.7 Å². The van der Waals surface area contributed by atoms with Crippen molar-refractivity contribution < 1.29 is 8.42 Å². The minimum Gasteiger partial charge on any atom is -0.281 e. The Morgan fingerprint density at radius 2 is 2.35 bits per heavy atom. The van der Waals surface area contributed by atoms with Gasteiger partial charge in [0.15, 0.2) is 0 Å². The molecule has 0 bridgehead atoms. The lowest BCUT2D eigenvalue weighted by molar-refractivity contribution is 0.582. The van der Waals surface area contributed by atoms with Crippen LogP contribution in [0.4, 0.5) is 0 Å². The highest BCUT2D eigenvalue weighted by Crippen LogP contribution is 2.29. The fourth-order valence-electron chi connectivity index (χ4n) is 1.19. The lowest BCUT2D eigenvalue weighted by atomic mass is 10.4. The molecule has 0 spiro atoms. The molecule has 5 nitrogen and oxygen atoms in total. The molecular formula is C9H10ClN3O2S2. The Hall–Kier alpha value is -0.890. The number of hydrogen-bond donors (Lipinski definition) is 2. The van der Waals surface area contributed by atoms with Gasteiger partial charge in [-0.15, -0.1) is 11.3 Å². The van der Waals surface area contributed by atoms with Crippen molar-refractivity contribution in [2.24, 2.45) is 0 Å². The summed E-state index contributed by atoms with van der Waals surface area (Å²) in [6, 6.07) is 3.26. The molecule has 8 heteroatoms. The SMILES string of the molecule is Cc1cc(S(=O)(=O)NCc2ccn[nH]2)sc1Cl. The predicted octanol–water partition coefficient (Wildman–Crippen LogP) is 1.91. The highest BCUT2D eigenvalue weighted by molar-refractivity contribution is 7.91. The van der Waals surface area contributed by atoms with Crippen molar-refractivity contribution in [3.05, 3.63) is 33.9 Å². The zero-order valence-corrected chi connectivity index (χ0v) is 11.3. The molecule has 2 N–H and O–H groups in total. The van der Waals surface area contributed by atoms with Crippen LogP contribution in [0.1, 0.15) is 11.3 Å². The fraction of sp³-hybridized carbons (Fsp3) is 0.222. The van der Waals surface area contributed by atoms with Crippen LogP contribution in [0.2, 0.25) is 4.34 Å². The number of aromatic nitrogens is 2. The maximum absolute atomic E-state index is 11.9. The molecule has 17 heavy (non-hydrogen) atoms. The Bertz CT molecular complexity index is 585. The molecule has 0 aliphatic heterocycles. The average Bonchev–Trinajstić information content (AvgIpc) is 2.87. The molecule has 2 aromatic heterocycles. The van der Waals surface area contributed by atoms with Gasteiger partial charge in [0.2, 0.25) is 10.0 Å². The van der Waals surface area contributed by atoms with Crippen LogP contribution in [0.15, 0.2) is 22.5 Å². The van der Waals surface area contributed by atoms with Gasteiger partial charge in [-0.05, 0) is 24.6 Å². The number of nitrogens with one attached hydrogen (secondary N) is 2. The topological polar surface area (TPSA) is 74.8 Å². The van der Waals surface area contributed by atoms with E-state index >= 15 is 0 Å². The number of aromatic amines is 1. The highest BCUT2D eigenvalue weighted by Gasteiger charge is 2.18. The summed E-state index contributed by atoms with van der Waals surface area (Å²) in [6.45, 7) is 1.95. The van der Waals surface area contributed by atoms with E-state index in [1.54, 1.807) is 25.3 Å². The summed E-state index contributed by atoms with van der Waals surface area (Å²) in [6.07, 6.45) is 1.57. The van der Waals surface area contributed by atoms with Gasteiger partial charge in [0, 0.05) is 6.20 Å². The second-order valence-electron chi connectivity index (χ2n) is 3.43. The summed E-state index contributed by atoms with van der Waals surface area (Å²) in [4.78, 5) is 0. The molecule has 2 rings (SSSR count). The number of H-pyrrole nitrogens is 1. The van der Waals surface area contributed by atoms with Gasteiger partial charge in [0.05, 0.1) is 16.6 Å². The molecule has 2 heterocycles. The molecule has 0 fully saturated rings. The Labute approximate surface area is 108 Å². The molecule has 92 valence electrons. The normalized spacial score (nSPS) is 11.9. The van der Waals surface area contributed by atoms with Gasteiger partial charge in [0.25, 0.3) is 0 Å². The molecule has 0 unspecified atom stereocenters. The lowest BCUT2D eigenvalue weighted by Gasteiger charge is -2.02. The van der Waals surface area contributed by atoms with Crippen LogP contribution < -0.4 is 4.72 Å². The lowest BCUT2D eigenvalue weighted by Crippen LogP contribution is -2.22. The van der Waals surface area contributed by atoms with E-state index in [0.717, 1.165) is 16.9 Å². The first-order chi connectivity index (χ1) is 7.99. The fourth-order valence-corrected chi connectivity index (χ4v) is 3.95. The zero-order chi connectivity index (χ0) is 12.5. The largest absolute Gasteiger partial charge is 0.281 e. The minimum absolute atomic E-state index is 0.177. The molecule has 0 saturated carbocycles. The van der Waals surface area contributed by atoms with Crippen LogP contribution in [-0.4, -0.2) is 18.6 Å². The van der Waals surface area contributed by atoms with Crippen molar-refractivity contribution in [1.29, 1.82) is 0 Å². The first-order valence-corrected chi connectivity index (χ1v) is 7.40. The Balaban J connectivity index is 2.14. The van der Waals surface area contributed by atoms with Gasteiger partial charge >= 0.3 is 0 Å². The predicted molar refractivity (Wildman–Crippen MR) is 66.7 cm³/mol. The van der Waals surface area contributed by atoms with E-state index in [-0.39, 0.29) is 10.8 Å². The third kappa shape index (κ3) is 2.86. The molecule has 0 aromatic carbocycles. The zero-order valence-electron chi connectivity index (χ0n) is 8.90. The van der Waals surface area contributed by atoms with Crippen LogP contribution in [0.5, 0.6) is 0 Å². The monoisotopic (exact) mass is 291 g/mol. The van der Waals surface area contributed by atoms with Gasteiger partial charge in [-0.2, -0.15) is 5.10 Å². The summed E-state index contributed by atoms with van der Waals surface area (Å²) in [5, 5.41) is 6.41. The molecule has 0 saturated heterocycles. The number of rotatable bonds is 4. The van der Waals surface area contributed by atoms with E-state index < -0.39 is 10.0 Å². The Morgan fingerprint density at radius 1 is 1.59 bits per heavy atom. The van der Waals surface area contributed by atoms with Gasteiger partial charge in [-0.3, -0.25) is 5.10 Å². The van der Waals surface area contributed by atoms with Crippen LogP contribution in [0.25, 0.3) is 0 Å². The van der Waals surface area contributed by atoms with E-state index in [4.69, 9.17) is 11.6 Å². The number of sulfonamides is 1. The first kappa shape index (κ1) is 12.6. The smallest absolute Gasteiger partial charge is 0.250 e. The van der Waals surface area contributed by atoms with E-state index in [9.17, 15) is 8.42 Å². The summed E-state index contributed by atoms with van der Waals surface area (Å²) in [5.74, 6) is 0. The standard InChI is InChI=1S/C9H10ClN3O2S2/c1-6-4-8(16-9(6)10)17(14,15)12-5-7-2-3-11-13-7/h2-4,12H,5H2,1H3,(H,11,13). The summed E-state index contributed by atoms with van der Waals surface area (Å²) < 4.78 is 27.0. The van der Waals surface area contributed by atoms with Crippen LogP contribution in [-0.2, 0) is 16.6 Å². The van der Waals surface area contributed by atoms with E-state index in [1.165, 1.54) is 0 Å². The van der Waals surface area contributed by atoms with E-state index in [0.29, 0.717) is 10.0 Å². The van der Waals surface area contributed by atoms with Gasteiger partial charge < -0.3 is 0 Å². The van der Waals surface area contributed by atoms with Crippen molar-refractivity contribution in [2.75, 3.05) is 0 Å². The molecular weight excluding hydrogens is 282 g/mol. The van der Waals surface area contributed by atoms with Crippen LogP contribution in [0.3, 0.4) is 0 Å². The number of thiophene rings is 1. The van der Waals surface area contributed by atoms with E-state index in [1.807, 2.05) is 0 Å². The summed E-state index contributed by atoms with van der Waals surface area (Å²) in [7, 11) is -3.50. The molecule has 0 aliphatic rings. The third-order valence-corrected chi connectivity index (χ3v) is 5.54. The van der Waals surface area contributed by atoms with E-state index in [2.05, 4.69) is 14.9 Å². The number of halogens is 1. The quantitative estimate of drug-likeness (QED) is 0.903. The van der Waals surface area contributed by atoms with Crippen LogP contribution in [0, 0.1) is 6.92 Å². The average molecular weight is 292 g/mol. The molecule has 2 aromatic rings. The molecule has 0 aliphatic carbocycles. The molecule has 0 atom stereocenters. The Kier molecular flexibility index (Phi) is 3.53. The van der Waals surface area contributed by atoms with Gasteiger partial charge in [-0.25, -0.2) is 13.1 Å². The first-order valence-electron chi connectivity index (χ1n) is 4.73. The maximum atomic E-state index is 11.9. The minimum atomic E-state index is -3.50. The number of hydrogen-bond acceptors (Lipinski definition) is 4. The summed E-state index contributed by atoms with van der Waals surface area (Å²) >= 11 is 6.89. The van der Waals surface area contributed by atoms with Gasteiger partial charge in [0.1, 0.15) is 4.21 Å². The maximum Gasteiger partial charge on any atom is 0.250 e. The molecule has 0 radical (unpaired) electrons. The number of aryl methyl sites for hydroxylation is 1. The van der Waals surface area contributed by atoms with Crippen molar-refractivity contribution >= 4 is 33.0 Å². The number of nitrogens with zero attached hydrogens (tertiary/aromatic N) is 1. The Morgan fingerprint density at radius 3 is 2.88 bits per heavy atom. The molecule has 0 amide bonds. The second kappa shape index (κ2) is 4.77. The van der Waals surface area contributed by atoms with Gasteiger partial charge in [-0.1, -0.05) is 11.6 Å². The van der Waals surface area contributed by atoms with Crippen molar-refractivity contribution in [1.82, 2.24) is 14.9 Å². The summed E-state index contributed by atoms with van der Waals surface area (Å²) in [5.41, 5.74) is 1.46. The highest BCUT2D eigenvalue weighted by atomic mass is 35.5. The second-order valence-corrected chi connectivity index (χ2v) is 7.08. The van der Waals surface area contributed by atoms with Crippen molar-refractivity contribution in [3.8, 4) is 0 Å².